The van der Waals surface area contributed by atoms with Gasteiger partial charge in [-0.2, -0.15) is 5.10 Å². The third-order valence-corrected chi connectivity index (χ3v) is 3.10. The third-order valence-electron chi connectivity index (χ3n) is 3.10. The van der Waals surface area contributed by atoms with Crippen LogP contribution < -0.4 is 10.1 Å². The Bertz CT molecular complexity index is 425. The fourth-order valence-electron chi connectivity index (χ4n) is 2.05. The number of allylic oxidation sites excluding steroid dienone is 1. The summed E-state index contributed by atoms with van der Waals surface area (Å²) in [7, 11) is 3.40. The fourth-order valence-corrected chi connectivity index (χ4v) is 2.05. The Morgan fingerprint density at radius 1 is 1.40 bits per heavy atom. The minimum absolute atomic E-state index is 0.317. The minimum Gasteiger partial charge on any atom is -0.493 e. The molecule has 1 rings (SSSR count). The number of hydrogen-bond donors (Lipinski definition) is 1. The Morgan fingerprint density at radius 2 is 2.15 bits per heavy atom. The molecule has 0 aliphatic carbocycles. The molecule has 0 saturated heterocycles. The average molecular weight is 281 g/mol. The lowest BCUT2D eigenvalue weighted by Gasteiger charge is -2.12. The van der Waals surface area contributed by atoms with Crippen molar-refractivity contribution < 1.29 is 9.47 Å². The smallest absolute Gasteiger partial charge is 0.164 e. The van der Waals surface area contributed by atoms with Gasteiger partial charge in [0.2, 0.25) is 0 Å². The number of methoxy groups -OCH3 is 2. The molecule has 0 unspecified atom stereocenters. The summed E-state index contributed by atoms with van der Waals surface area (Å²) >= 11 is 0. The SMILES string of the molecule is COCCNCC/C=C(/C)c1c(OC)cnn1C(C)C. The molecule has 0 aromatic carbocycles. The van der Waals surface area contributed by atoms with Crippen molar-refractivity contribution in [2.75, 3.05) is 33.9 Å². The maximum absolute atomic E-state index is 5.40. The van der Waals surface area contributed by atoms with E-state index in [0.29, 0.717) is 6.04 Å². The summed E-state index contributed by atoms with van der Waals surface area (Å²) in [5, 5.41) is 7.72. The van der Waals surface area contributed by atoms with Crippen molar-refractivity contribution in [3.05, 3.63) is 18.0 Å². The largest absolute Gasteiger partial charge is 0.493 e. The lowest BCUT2D eigenvalue weighted by atomic mass is 10.1. The molecule has 1 aromatic rings. The number of aromatic nitrogens is 2. The Hall–Kier alpha value is -1.33. The number of hydrogen-bond acceptors (Lipinski definition) is 4. The Balaban J connectivity index is 2.65. The van der Waals surface area contributed by atoms with Crippen molar-refractivity contribution in [2.24, 2.45) is 0 Å². The van der Waals surface area contributed by atoms with Gasteiger partial charge in [-0.05, 0) is 39.3 Å². The molecular formula is C15H27N3O2. The third kappa shape index (κ3) is 4.65. The summed E-state index contributed by atoms with van der Waals surface area (Å²) in [6.07, 6.45) is 4.98. The zero-order valence-corrected chi connectivity index (χ0v) is 13.3. The monoisotopic (exact) mass is 281 g/mol. The van der Waals surface area contributed by atoms with E-state index in [0.717, 1.165) is 37.6 Å². The van der Waals surface area contributed by atoms with Crippen LogP contribution in [0.3, 0.4) is 0 Å². The van der Waals surface area contributed by atoms with Crippen molar-refractivity contribution in [1.82, 2.24) is 15.1 Å². The van der Waals surface area contributed by atoms with Gasteiger partial charge in [-0.15, -0.1) is 0 Å². The summed E-state index contributed by atoms with van der Waals surface area (Å²) in [5.41, 5.74) is 2.26. The van der Waals surface area contributed by atoms with Gasteiger partial charge in [0.1, 0.15) is 5.69 Å². The van der Waals surface area contributed by atoms with Gasteiger partial charge < -0.3 is 14.8 Å². The van der Waals surface area contributed by atoms with Crippen LogP contribution in [0.25, 0.3) is 5.57 Å². The number of nitrogens with zero attached hydrogens (tertiary/aromatic N) is 2. The van der Waals surface area contributed by atoms with Crippen molar-refractivity contribution >= 4 is 5.57 Å². The van der Waals surface area contributed by atoms with E-state index < -0.39 is 0 Å². The average Bonchev–Trinajstić information content (AvgIpc) is 2.86. The first-order valence-corrected chi connectivity index (χ1v) is 7.10. The fraction of sp³-hybridized carbons (Fsp3) is 0.667. The van der Waals surface area contributed by atoms with Gasteiger partial charge in [0, 0.05) is 19.7 Å². The standard InChI is InChI=1S/C15H27N3O2/c1-12(2)18-15(14(20-5)11-17-18)13(3)7-6-8-16-9-10-19-4/h7,11-12,16H,6,8-10H2,1-5H3/b13-7-. The summed E-state index contributed by atoms with van der Waals surface area (Å²) in [6, 6.07) is 0.317. The molecule has 5 nitrogen and oxygen atoms in total. The maximum atomic E-state index is 5.40. The van der Waals surface area contributed by atoms with Crippen molar-refractivity contribution in [3.8, 4) is 5.75 Å². The predicted molar refractivity (Wildman–Crippen MR) is 82.2 cm³/mol. The van der Waals surface area contributed by atoms with E-state index in [1.54, 1.807) is 20.4 Å². The molecule has 0 saturated carbocycles. The second-order valence-corrected chi connectivity index (χ2v) is 5.02. The summed E-state index contributed by atoms with van der Waals surface area (Å²) < 4.78 is 12.4. The predicted octanol–water partition coefficient (Wildman–Crippen LogP) is 2.50. The highest BCUT2D eigenvalue weighted by Crippen LogP contribution is 2.28. The van der Waals surface area contributed by atoms with Crippen molar-refractivity contribution in [3.63, 3.8) is 0 Å². The second-order valence-electron chi connectivity index (χ2n) is 5.02. The first-order valence-electron chi connectivity index (χ1n) is 7.10. The molecule has 0 amide bonds. The number of nitrogens with one attached hydrogen (secondary N) is 1. The van der Waals surface area contributed by atoms with Crippen molar-refractivity contribution in [1.29, 1.82) is 0 Å². The lowest BCUT2D eigenvalue weighted by Crippen LogP contribution is -2.19. The van der Waals surface area contributed by atoms with Crippen LogP contribution in [0.4, 0.5) is 0 Å². The lowest BCUT2D eigenvalue weighted by molar-refractivity contribution is 0.199. The van der Waals surface area contributed by atoms with E-state index in [1.807, 2.05) is 4.68 Å². The quantitative estimate of drug-likeness (QED) is 0.707. The Morgan fingerprint density at radius 3 is 2.75 bits per heavy atom. The highest BCUT2D eigenvalue weighted by atomic mass is 16.5. The van der Waals surface area contributed by atoms with Crippen LogP contribution in [0.15, 0.2) is 12.3 Å². The summed E-state index contributed by atoms with van der Waals surface area (Å²) in [6.45, 7) is 8.92. The van der Waals surface area contributed by atoms with Gasteiger partial charge in [0.25, 0.3) is 0 Å². The summed E-state index contributed by atoms with van der Waals surface area (Å²) in [5.74, 6) is 0.833. The van der Waals surface area contributed by atoms with Gasteiger partial charge in [-0.25, -0.2) is 0 Å². The minimum atomic E-state index is 0.317. The van der Waals surface area contributed by atoms with E-state index >= 15 is 0 Å². The van der Waals surface area contributed by atoms with Gasteiger partial charge >= 0.3 is 0 Å². The second kappa shape index (κ2) is 8.76. The van der Waals surface area contributed by atoms with E-state index in [2.05, 4.69) is 37.3 Å². The zero-order valence-electron chi connectivity index (χ0n) is 13.3. The first kappa shape index (κ1) is 16.7. The van der Waals surface area contributed by atoms with Gasteiger partial charge in [0.15, 0.2) is 5.75 Å². The molecule has 0 aliphatic heterocycles. The molecule has 1 N–H and O–H groups in total. The molecule has 20 heavy (non-hydrogen) atoms. The molecule has 0 atom stereocenters. The molecule has 0 fully saturated rings. The molecule has 0 aliphatic rings. The summed E-state index contributed by atoms with van der Waals surface area (Å²) in [4.78, 5) is 0. The van der Waals surface area contributed by atoms with E-state index in [4.69, 9.17) is 9.47 Å². The van der Waals surface area contributed by atoms with Gasteiger partial charge in [-0.1, -0.05) is 6.08 Å². The van der Waals surface area contributed by atoms with E-state index in [-0.39, 0.29) is 0 Å². The Kier molecular flexibility index (Phi) is 7.33. The van der Waals surface area contributed by atoms with Gasteiger partial charge in [0.05, 0.1) is 19.9 Å². The van der Waals surface area contributed by atoms with Gasteiger partial charge in [-0.3, -0.25) is 4.68 Å². The van der Waals surface area contributed by atoms with Crippen LogP contribution in [0, 0.1) is 0 Å². The molecule has 0 spiro atoms. The molecular weight excluding hydrogens is 254 g/mol. The molecule has 0 radical (unpaired) electrons. The molecule has 114 valence electrons. The first-order chi connectivity index (χ1) is 9.61. The topological polar surface area (TPSA) is 48.3 Å². The molecule has 5 heteroatoms. The maximum Gasteiger partial charge on any atom is 0.164 e. The number of ether oxygens (including phenoxy) is 2. The van der Waals surface area contributed by atoms with Crippen LogP contribution in [0.1, 0.15) is 38.9 Å². The van der Waals surface area contributed by atoms with E-state index in [1.165, 1.54) is 5.57 Å². The van der Waals surface area contributed by atoms with E-state index in [9.17, 15) is 0 Å². The molecule has 1 aromatic heterocycles. The van der Waals surface area contributed by atoms with Crippen LogP contribution in [-0.4, -0.2) is 43.7 Å². The van der Waals surface area contributed by atoms with Crippen LogP contribution in [-0.2, 0) is 4.74 Å². The highest BCUT2D eigenvalue weighted by Gasteiger charge is 2.14. The normalized spacial score (nSPS) is 12.2. The van der Waals surface area contributed by atoms with Crippen LogP contribution in [0.2, 0.25) is 0 Å². The van der Waals surface area contributed by atoms with Crippen LogP contribution >= 0.6 is 0 Å². The molecule has 1 heterocycles. The van der Waals surface area contributed by atoms with Crippen molar-refractivity contribution in [2.45, 2.75) is 33.2 Å². The molecule has 0 bridgehead atoms. The highest BCUT2D eigenvalue weighted by molar-refractivity contribution is 5.66. The number of rotatable bonds is 9. The Labute approximate surface area is 122 Å². The van der Waals surface area contributed by atoms with Crippen LogP contribution in [0.5, 0.6) is 5.75 Å². The zero-order chi connectivity index (χ0) is 15.0.